The first-order chi connectivity index (χ1) is 13.2. The quantitative estimate of drug-likeness (QED) is 0.485. The summed E-state index contributed by atoms with van der Waals surface area (Å²) in [5.74, 6) is 1.16. The smallest absolute Gasteiger partial charge is 0.291 e. The average molecular weight is 396 g/mol. The third-order valence-corrected chi connectivity index (χ3v) is 5.02. The van der Waals surface area contributed by atoms with Crippen molar-refractivity contribution < 1.29 is 4.74 Å². The van der Waals surface area contributed by atoms with E-state index in [0.717, 1.165) is 11.1 Å². The predicted octanol–water partition coefficient (Wildman–Crippen LogP) is 3.58. The molecule has 2 heterocycles. The molecule has 0 amide bonds. The molecule has 0 aliphatic rings. The highest BCUT2D eigenvalue weighted by molar-refractivity contribution is 7.15. The Labute approximate surface area is 163 Å². The van der Waals surface area contributed by atoms with E-state index in [1.807, 2.05) is 36.4 Å². The van der Waals surface area contributed by atoms with E-state index >= 15 is 0 Å². The fourth-order valence-electron chi connectivity index (χ4n) is 2.60. The van der Waals surface area contributed by atoms with Gasteiger partial charge in [-0.3, -0.25) is 4.79 Å². The lowest BCUT2D eigenvalue weighted by atomic mass is 10.2. The topological polar surface area (TPSA) is 56.5 Å². The molecule has 134 valence electrons. The number of nitrogens with zero attached hydrogens (tertiary/aromatic N) is 3. The Balaban J connectivity index is 1.78. The van der Waals surface area contributed by atoms with Gasteiger partial charge in [-0.15, -0.1) is 5.10 Å². The summed E-state index contributed by atoms with van der Waals surface area (Å²) in [5, 5.41) is 4.93. The van der Waals surface area contributed by atoms with Crippen LogP contribution in [-0.4, -0.2) is 21.2 Å². The zero-order valence-electron chi connectivity index (χ0n) is 14.1. The number of rotatable bonds is 5. The molecule has 4 rings (SSSR count). The second-order valence-electron chi connectivity index (χ2n) is 5.69. The molecule has 0 aliphatic heterocycles. The molecule has 0 unspecified atom stereocenters. The van der Waals surface area contributed by atoms with Gasteiger partial charge in [-0.1, -0.05) is 65.9 Å². The summed E-state index contributed by atoms with van der Waals surface area (Å²) >= 11 is 7.30. The molecule has 0 saturated carbocycles. The molecule has 0 atom stereocenters. The molecule has 2 aromatic carbocycles. The molecule has 5 nitrogen and oxygen atoms in total. The number of benzene rings is 2. The van der Waals surface area contributed by atoms with Gasteiger partial charge in [0.15, 0.2) is 5.82 Å². The van der Waals surface area contributed by atoms with E-state index in [1.54, 1.807) is 24.3 Å². The molecule has 0 N–H and O–H groups in total. The number of ether oxygens (including phenoxy) is 1. The monoisotopic (exact) mass is 395 g/mol. The van der Waals surface area contributed by atoms with Crippen molar-refractivity contribution in [2.24, 2.45) is 0 Å². The van der Waals surface area contributed by atoms with Crippen LogP contribution in [-0.2, 0) is 0 Å². The normalized spacial score (nSPS) is 11.8. The van der Waals surface area contributed by atoms with Crippen molar-refractivity contribution in [3.63, 3.8) is 0 Å². The van der Waals surface area contributed by atoms with E-state index in [0.29, 0.717) is 32.7 Å². The highest BCUT2D eigenvalue weighted by Crippen LogP contribution is 2.21. The molecule has 4 aromatic rings. The number of aromatic nitrogens is 3. The van der Waals surface area contributed by atoms with Gasteiger partial charge in [0.1, 0.15) is 12.4 Å². The van der Waals surface area contributed by atoms with Crippen LogP contribution in [0, 0.1) is 0 Å². The van der Waals surface area contributed by atoms with Crippen LogP contribution in [0.1, 0.15) is 5.56 Å². The zero-order valence-corrected chi connectivity index (χ0v) is 15.7. The van der Waals surface area contributed by atoms with Crippen molar-refractivity contribution in [2.45, 2.75) is 0 Å². The Morgan fingerprint density at radius 3 is 2.85 bits per heavy atom. The maximum absolute atomic E-state index is 12.7. The van der Waals surface area contributed by atoms with Gasteiger partial charge in [0.05, 0.1) is 4.53 Å². The fraction of sp³-hybridized carbons (Fsp3) is 0.0500. The summed E-state index contributed by atoms with van der Waals surface area (Å²) in [6, 6.07) is 14.8. The Kier molecular flexibility index (Phi) is 4.75. The van der Waals surface area contributed by atoms with Crippen LogP contribution in [0.15, 0.2) is 66.0 Å². The van der Waals surface area contributed by atoms with Gasteiger partial charge in [0.25, 0.3) is 5.56 Å². The van der Waals surface area contributed by atoms with E-state index in [-0.39, 0.29) is 5.56 Å². The summed E-state index contributed by atoms with van der Waals surface area (Å²) in [6.45, 7) is 4.05. The van der Waals surface area contributed by atoms with Gasteiger partial charge in [-0.05, 0) is 24.3 Å². The molecule has 0 saturated heterocycles. The number of fused-ring (bicyclic) bond motifs is 1. The van der Waals surface area contributed by atoms with E-state index in [1.165, 1.54) is 15.9 Å². The molecule has 0 spiro atoms. The lowest BCUT2D eigenvalue weighted by molar-refractivity contribution is 0.362. The summed E-state index contributed by atoms with van der Waals surface area (Å²) in [5.41, 5.74) is 1.37. The highest BCUT2D eigenvalue weighted by Gasteiger charge is 2.12. The van der Waals surface area contributed by atoms with E-state index in [2.05, 4.69) is 16.7 Å². The van der Waals surface area contributed by atoms with Gasteiger partial charge < -0.3 is 4.74 Å². The number of thiazole rings is 1. The van der Waals surface area contributed by atoms with Gasteiger partial charge >= 0.3 is 0 Å². The third-order valence-electron chi connectivity index (χ3n) is 3.83. The van der Waals surface area contributed by atoms with Gasteiger partial charge in [-0.2, -0.15) is 9.50 Å². The molecule has 0 aliphatic carbocycles. The first-order valence-electron chi connectivity index (χ1n) is 8.15. The molecule has 0 fully saturated rings. The Bertz CT molecular complexity index is 1250. The first-order valence-corrected chi connectivity index (χ1v) is 9.35. The van der Waals surface area contributed by atoms with Crippen molar-refractivity contribution in [3.05, 3.63) is 86.7 Å². The highest BCUT2D eigenvalue weighted by atomic mass is 35.5. The molecule has 0 radical (unpaired) electrons. The van der Waals surface area contributed by atoms with Crippen LogP contribution in [0.2, 0.25) is 5.02 Å². The average Bonchev–Trinajstić information content (AvgIpc) is 3.21. The minimum Gasteiger partial charge on any atom is -0.489 e. The van der Waals surface area contributed by atoms with E-state index in [4.69, 9.17) is 16.3 Å². The number of hydrogen-bond donors (Lipinski definition) is 0. The molecule has 7 heteroatoms. The minimum absolute atomic E-state index is 0.214. The molecule has 2 aromatic heterocycles. The Morgan fingerprint density at radius 2 is 2.07 bits per heavy atom. The van der Waals surface area contributed by atoms with Crippen LogP contribution in [0.4, 0.5) is 0 Å². The van der Waals surface area contributed by atoms with Gasteiger partial charge in [-0.25, -0.2) is 0 Å². The molecular formula is C20H14ClN3O2S. The molecule has 0 bridgehead atoms. The minimum atomic E-state index is -0.214. The zero-order chi connectivity index (χ0) is 18.8. The maximum atomic E-state index is 12.7. The van der Waals surface area contributed by atoms with Crippen molar-refractivity contribution in [1.82, 2.24) is 14.6 Å². The number of halogens is 1. The fourth-order valence-corrected chi connectivity index (χ4v) is 3.69. The van der Waals surface area contributed by atoms with E-state index < -0.39 is 0 Å². The van der Waals surface area contributed by atoms with Crippen molar-refractivity contribution in [2.75, 3.05) is 6.61 Å². The first kappa shape index (κ1) is 17.5. The lowest BCUT2D eigenvalue weighted by Crippen LogP contribution is -2.23. The standard InChI is InChI=1S/C20H14ClN3O2S/c1-2-10-26-16-9-4-3-6-13(16)12-17-19(25)24-20(27-17)22-18(23-24)14-7-5-8-15(21)11-14/h2-9,11-12H,1,10H2/b17-12-. The van der Waals surface area contributed by atoms with Crippen molar-refractivity contribution in [3.8, 4) is 17.1 Å². The van der Waals surface area contributed by atoms with Crippen LogP contribution in [0.25, 0.3) is 22.4 Å². The summed E-state index contributed by atoms with van der Waals surface area (Å²) < 4.78 is 7.50. The summed E-state index contributed by atoms with van der Waals surface area (Å²) in [7, 11) is 0. The van der Waals surface area contributed by atoms with E-state index in [9.17, 15) is 4.79 Å². The number of hydrogen-bond acceptors (Lipinski definition) is 5. The maximum Gasteiger partial charge on any atom is 0.291 e. The largest absolute Gasteiger partial charge is 0.489 e. The second-order valence-corrected chi connectivity index (χ2v) is 7.14. The predicted molar refractivity (Wildman–Crippen MR) is 108 cm³/mol. The van der Waals surface area contributed by atoms with Crippen LogP contribution in [0.3, 0.4) is 0 Å². The Morgan fingerprint density at radius 1 is 1.22 bits per heavy atom. The van der Waals surface area contributed by atoms with Crippen molar-refractivity contribution in [1.29, 1.82) is 0 Å². The molecule has 27 heavy (non-hydrogen) atoms. The lowest BCUT2D eigenvalue weighted by Gasteiger charge is -2.05. The van der Waals surface area contributed by atoms with Gasteiger partial charge in [0.2, 0.25) is 4.96 Å². The summed E-state index contributed by atoms with van der Waals surface area (Å²) in [4.78, 5) is 17.7. The Hall–Kier alpha value is -2.96. The van der Waals surface area contributed by atoms with Crippen LogP contribution in [0.5, 0.6) is 5.75 Å². The summed E-state index contributed by atoms with van der Waals surface area (Å²) in [6.07, 6.45) is 3.47. The SMILES string of the molecule is C=CCOc1ccccc1/C=c1\sc2nc(-c3cccc(Cl)c3)nn2c1=O. The second kappa shape index (κ2) is 7.34. The number of para-hydroxylation sites is 1. The molecular weight excluding hydrogens is 382 g/mol. The van der Waals surface area contributed by atoms with Crippen LogP contribution < -0.4 is 14.8 Å². The van der Waals surface area contributed by atoms with Gasteiger partial charge in [0, 0.05) is 16.1 Å². The van der Waals surface area contributed by atoms with Crippen molar-refractivity contribution >= 4 is 34.0 Å². The van der Waals surface area contributed by atoms with Crippen LogP contribution >= 0.6 is 22.9 Å². The third kappa shape index (κ3) is 3.49.